The van der Waals surface area contributed by atoms with Crippen LogP contribution in [0.2, 0.25) is 0 Å². The smallest absolute Gasteiger partial charge is 0.258 e. The topological polar surface area (TPSA) is 63.1 Å². The van der Waals surface area contributed by atoms with E-state index in [0.717, 1.165) is 12.2 Å². The van der Waals surface area contributed by atoms with Crippen molar-refractivity contribution in [2.45, 2.75) is 0 Å². The molecule has 0 aliphatic rings. The lowest BCUT2D eigenvalue weighted by atomic mass is 9.98. The monoisotopic (exact) mass is 433 g/mol. The van der Waals surface area contributed by atoms with Crippen molar-refractivity contribution in [3.05, 3.63) is 108 Å². The van der Waals surface area contributed by atoms with Gasteiger partial charge in [0.1, 0.15) is 17.4 Å². The second-order valence-corrected chi connectivity index (χ2v) is 6.92. The first kappa shape index (κ1) is 22.4. The third-order valence-corrected chi connectivity index (χ3v) is 4.80. The maximum atomic E-state index is 14.2. The number of carbonyl (C=O) groups is 1. The summed E-state index contributed by atoms with van der Waals surface area (Å²) >= 11 is 0. The van der Waals surface area contributed by atoms with Crippen molar-refractivity contribution in [3.63, 3.8) is 0 Å². The lowest BCUT2D eigenvalue weighted by molar-refractivity contribution is -0.111. The van der Waals surface area contributed by atoms with Gasteiger partial charge in [-0.25, -0.2) is 8.78 Å². The van der Waals surface area contributed by atoms with Crippen LogP contribution in [-0.4, -0.2) is 10.5 Å². The Morgan fingerprint density at radius 1 is 1.00 bits per heavy atom. The number of fused-ring (bicyclic) bond motifs is 1. The largest absolute Gasteiger partial charge is 0.350 e. The molecule has 5 nitrogen and oxygen atoms in total. The van der Waals surface area contributed by atoms with Gasteiger partial charge in [0.05, 0.1) is 0 Å². The van der Waals surface area contributed by atoms with E-state index in [1.165, 1.54) is 4.57 Å². The van der Waals surface area contributed by atoms with Crippen molar-refractivity contribution < 1.29 is 13.6 Å². The Bertz CT molecular complexity index is 1350. The van der Waals surface area contributed by atoms with Crippen LogP contribution in [0.3, 0.4) is 0 Å². The fraction of sp³-hybridized carbons (Fsp3) is 0.0400. The van der Waals surface area contributed by atoms with Crippen molar-refractivity contribution in [3.8, 4) is 11.1 Å². The molecule has 0 saturated heterocycles. The molecule has 0 aliphatic heterocycles. The molecule has 1 heterocycles. The van der Waals surface area contributed by atoms with Gasteiger partial charge in [0.2, 0.25) is 5.91 Å². The molecule has 2 aromatic carbocycles. The minimum absolute atomic E-state index is 0.189. The average Bonchev–Trinajstić information content (AvgIpc) is 2.79. The van der Waals surface area contributed by atoms with Gasteiger partial charge in [-0.2, -0.15) is 0 Å². The molecule has 0 atom stereocenters. The molecule has 0 radical (unpaired) electrons. The molecule has 7 heteroatoms. The highest BCUT2D eigenvalue weighted by atomic mass is 19.1. The third-order valence-electron chi connectivity index (χ3n) is 4.80. The minimum atomic E-state index is -1.01. The number of benzene rings is 2. The number of nitrogens with one attached hydrogen (secondary N) is 2. The third kappa shape index (κ3) is 4.41. The number of hydrogen-bond donors (Lipinski definition) is 2. The number of amides is 1. The highest BCUT2D eigenvalue weighted by molar-refractivity contribution is 6.02. The SMILES string of the molecule is C=CC(=O)Nc1ccc(N/C(C(=C)F)=C(\F)C=C)c(-c2cn(C)c(=O)c3ccccc23)c1. The first-order valence-electron chi connectivity index (χ1n) is 9.57. The molecule has 0 fully saturated rings. The molecule has 1 amide bonds. The number of hydrogen-bond acceptors (Lipinski definition) is 3. The van der Waals surface area contributed by atoms with Crippen LogP contribution in [0.5, 0.6) is 0 Å². The van der Waals surface area contributed by atoms with Crippen LogP contribution >= 0.6 is 0 Å². The normalized spacial score (nSPS) is 11.5. The van der Waals surface area contributed by atoms with Gasteiger partial charge in [-0.3, -0.25) is 9.59 Å². The van der Waals surface area contributed by atoms with Crippen molar-refractivity contribution in [1.82, 2.24) is 4.57 Å². The minimum Gasteiger partial charge on any atom is -0.350 e. The number of nitrogens with zero attached hydrogens (tertiary/aromatic N) is 1. The Hall–Kier alpha value is -4.26. The number of carbonyl (C=O) groups excluding carboxylic acids is 1. The first-order valence-corrected chi connectivity index (χ1v) is 9.57. The zero-order valence-electron chi connectivity index (χ0n) is 17.4. The summed E-state index contributed by atoms with van der Waals surface area (Å²) in [5.74, 6) is -2.35. The Balaban J connectivity index is 2.32. The Kier molecular flexibility index (Phi) is 6.49. The van der Waals surface area contributed by atoms with Crippen molar-refractivity contribution in [2.75, 3.05) is 10.6 Å². The predicted octanol–water partition coefficient (Wildman–Crippen LogP) is 5.59. The van der Waals surface area contributed by atoms with Gasteiger partial charge in [-0.05, 0) is 41.8 Å². The zero-order valence-corrected chi connectivity index (χ0v) is 17.4. The quantitative estimate of drug-likeness (QED) is 0.377. The Morgan fingerprint density at radius 2 is 1.69 bits per heavy atom. The molecule has 3 aromatic rings. The van der Waals surface area contributed by atoms with E-state index in [0.29, 0.717) is 33.3 Å². The van der Waals surface area contributed by atoms with Gasteiger partial charge in [0.15, 0.2) is 0 Å². The van der Waals surface area contributed by atoms with E-state index in [1.807, 2.05) is 0 Å². The molecule has 32 heavy (non-hydrogen) atoms. The molecule has 0 bridgehead atoms. The summed E-state index contributed by atoms with van der Waals surface area (Å²) in [6.07, 6.45) is 3.62. The first-order chi connectivity index (χ1) is 15.3. The molecule has 3 rings (SSSR count). The van der Waals surface area contributed by atoms with E-state index in [9.17, 15) is 18.4 Å². The number of pyridine rings is 1. The Morgan fingerprint density at radius 3 is 2.31 bits per heavy atom. The van der Waals surface area contributed by atoms with E-state index in [-0.39, 0.29) is 5.56 Å². The van der Waals surface area contributed by atoms with Crippen LogP contribution in [0.15, 0.2) is 103 Å². The van der Waals surface area contributed by atoms with Gasteiger partial charge >= 0.3 is 0 Å². The molecule has 0 unspecified atom stereocenters. The summed E-state index contributed by atoms with van der Waals surface area (Å²) < 4.78 is 29.6. The fourth-order valence-electron chi connectivity index (χ4n) is 3.27. The number of aromatic nitrogens is 1. The number of allylic oxidation sites excluding steroid dienone is 3. The lowest BCUT2D eigenvalue weighted by Crippen LogP contribution is -2.16. The van der Waals surface area contributed by atoms with E-state index >= 15 is 0 Å². The van der Waals surface area contributed by atoms with Crippen LogP contribution in [0.1, 0.15) is 0 Å². The van der Waals surface area contributed by atoms with E-state index in [2.05, 4.69) is 30.4 Å². The molecule has 0 spiro atoms. The molecule has 162 valence electrons. The fourth-order valence-corrected chi connectivity index (χ4v) is 3.27. The summed E-state index contributed by atoms with van der Waals surface area (Å²) in [5, 5.41) is 6.51. The number of halogens is 2. The van der Waals surface area contributed by atoms with E-state index < -0.39 is 23.3 Å². The maximum Gasteiger partial charge on any atom is 0.258 e. The summed E-state index contributed by atoms with van der Waals surface area (Å²) in [6, 6.07) is 11.8. The average molecular weight is 433 g/mol. The Labute approximate surface area is 183 Å². The second kappa shape index (κ2) is 9.26. The highest BCUT2D eigenvalue weighted by Gasteiger charge is 2.16. The second-order valence-electron chi connectivity index (χ2n) is 6.92. The van der Waals surface area contributed by atoms with Gasteiger partial charge < -0.3 is 15.2 Å². The van der Waals surface area contributed by atoms with Crippen LogP contribution in [0, 0.1) is 0 Å². The summed E-state index contributed by atoms with van der Waals surface area (Å²) in [5.41, 5.74) is 1.21. The predicted molar refractivity (Wildman–Crippen MR) is 126 cm³/mol. The summed E-state index contributed by atoms with van der Waals surface area (Å²) in [7, 11) is 1.61. The molecule has 1 aromatic heterocycles. The van der Waals surface area contributed by atoms with Gasteiger partial charge in [0, 0.05) is 41.1 Å². The number of aryl methyl sites for hydroxylation is 1. The summed E-state index contributed by atoms with van der Waals surface area (Å²) in [6.45, 7) is 9.94. The molecule has 0 aliphatic carbocycles. The summed E-state index contributed by atoms with van der Waals surface area (Å²) in [4.78, 5) is 24.4. The zero-order chi connectivity index (χ0) is 23.4. The van der Waals surface area contributed by atoms with E-state index in [4.69, 9.17) is 0 Å². The van der Waals surface area contributed by atoms with Gasteiger partial charge in [-0.15, -0.1) is 0 Å². The highest BCUT2D eigenvalue weighted by Crippen LogP contribution is 2.36. The van der Waals surface area contributed by atoms with E-state index in [1.54, 1.807) is 55.7 Å². The molecule has 0 saturated carbocycles. The van der Waals surface area contributed by atoms with Crippen LogP contribution in [0.25, 0.3) is 21.9 Å². The lowest BCUT2D eigenvalue weighted by Gasteiger charge is -2.18. The van der Waals surface area contributed by atoms with Gasteiger partial charge in [-0.1, -0.05) is 37.9 Å². The number of anilines is 2. The van der Waals surface area contributed by atoms with Crippen LogP contribution in [-0.2, 0) is 11.8 Å². The van der Waals surface area contributed by atoms with Crippen molar-refractivity contribution in [2.24, 2.45) is 7.05 Å². The maximum absolute atomic E-state index is 14.2. The van der Waals surface area contributed by atoms with Crippen molar-refractivity contribution >= 4 is 28.1 Å². The molecular formula is C25H21F2N3O2. The molecule has 2 N–H and O–H groups in total. The molecular weight excluding hydrogens is 412 g/mol. The van der Waals surface area contributed by atoms with Crippen molar-refractivity contribution in [1.29, 1.82) is 0 Å². The van der Waals surface area contributed by atoms with Gasteiger partial charge in [0.25, 0.3) is 5.56 Å². The standard InChI is InChI=1S/C25H21F2N3O2/c1-5-21(27)24(15(3)26)29-22-12-11-16(28-23(31)6-2)13-19(22)20-14-30(4)25(32)18-10-8-7-9-17(18)20/h5-14,29H,1-3H2,4H3,(H,28,31)/b24-21-. The number of rotatable bonds is 7. The van der Waals surface area contributed by atoms with Crippen LogP contribution < -0.4 is 16.2 Å². The van der Waals surface area contributed by atoms with Crippen LogP contribution in [0.4, 0.5) is 20.2 Å².